The van der Waals surface area contributed by atoms with Crippen LogP contribution in [-0.2, 0) is 17.6 Å². The minimum atomic E-state index is -0.335. The van der Waals surface area contributed by atoms with Gasteiger partial charge in [0.2, 0.25) is 5.91 Å². The lowest BCUT2D eigenvalue weighted by Gasteiger charge is -2.18. The van der Waals surface area contributed by atoms with Gasteiger partial charge in [0, 0.05) is 6.92 Å². The van der Waals surface area contributed by atoms with Crippen LogP contribution in [-0.4, -0.2) is 51.8 Å². The Kier molecular flexibility index (Phi) is 13.8. The summed E-state index contributed by atoms with van der Waals surface area (Å²) < 4.78 is 0. The smallest absolute Gasteiger partial charge is 0.217 e. The van der Waals surface area contributed by atoms with Gasteiger partial charge in [-0.15, -0.1) is 0 Å². The molecule has 0 aliphatic heterocycles. The number of carbonyl (C=O) groups excluding carboxylic acids is 1. The number of rotatable bonds is 9. The van der Waals surface area contributed by atoms with Crippen molar-refractivity contribution in [3.05, 3.63) is 71.0 Å². The lowest BCUT2D eigenvalue weighted by molar-refractivity contribution is -0.119. The van der Waals surface area contributed by atoms with Crippen molar-refractivity contribution in [2.24, 2.45) is 5.73 Å². The maximum atomic E-state index is 11.5. The minimum Gasteiger partial charge on any atom is -0.510 e. The Labute approximate surface area is 199 Å². The summed E-state index contributed by atoms with van der Waals surface area (Å²) in [5.41, 5.74) is 10.4. The summed E-state index contributed by atoms with van der Waals surface area (Å²) in [7, 11) is 7.23. The SMILES string of the molecule is CN.CNC.CNCCCc1ccc(-c2ccc(CC(NC(C)=O)C(O)=C3CC3)cc2)cc1. The third-order valence-electron chi connectivity index (χ3n) is 5.14. The number of aliphatic hydroxyl groups excluding tert-OH is 1. The third-order valence-corrected chi connectivity index (χ3v) is 5.14. The molecule has 1 atom stereocenters. The van der Waals surface area contributed by atoms with Crippen molar-refractivity contribution in [1.29, 1.82) is 0 Å². The van der Waals surface area contributed by atoms with Gasteiger partial charge < -0.3 is 26.8 Å². The highest BCUT2D eigenvalue weighted by Crippen LogP contribution is 2.32. The zero-order valence-electron chi connectivity index (χ0n) is 20.9. The van der Waals surface area contributed by atoms with Crippen LogP contribution in [0, 0.1) is 0 Å². The van der Waals surface area contributed by atoms with Gasteiger partial charge in [-0.2, -0.15) is 0 Å². The Morgan fingerprint density at radius 2 is 1.42 bits per heavy atom. The van der Waals surface area contributed by atoms with Crippen LogP contribution in [0.1, 0.15) is 37.3 Å². The first kappa shape index (κ1) is 28.4. The van der Waals surface area contributed by atoms with Gasteiger partial charge in [-0.1, -0.05) is 48.5 Å². The number of amides is 1. The van der Waals surface area contributed by atoms with Crippen molar-refractivity contribution in [2.45, 2.75) is 45.1 Å². The number of nitrogens with one attached hydrogen (secondary N) is 3. The molecule has 1 saturated carbocycles. The Bertz CT molecular complexity index is 839. The summed E-state index contributed by atoms with van der Waals surface area (Å²) in [6.45, 7) is 2.53. The normalized spacial score (nSPS) is 12.5. The predicted molar refractivity (Wildman–Crippen MR) is 139 cm³/mol. The van der Waals surface area contributed by atoms with E-state index in [1.807, 2.05) is 21.1 Å². The number of aryl methyl sites for hydroxylation is 1. The van der Waals surface area contributed by atoms with E-state index >= 15 is 0 Å². The molecule has 6 heteroatoms. The van der Waals surface area contributed by atoms with Gasteiger partial charge in [0.1, 0.15) is 5.76 Å². The summed E-state index contributed by atoms with van der Waals surface area (Å²) in [6, 6.07) is 16.8. The molecule has 3 rings (SSSR count). The standard InChI is InChI=1S/C24H30N2O2.C2H7N.CH5N/c1-17(27)26-23(24(28)22-13-14-22)16-19-7-11-21(12-8-19)20-9-5-18(6-10-20)4-3-15-25-2;1-3-2;1-2/h5-12,23,25,28H,3-4,13-16H2,1-2H3,(H,26,27);3H,1-2H3;2H2,1H3. The van der Waals surface area contributed by atoms with E-state index in [0.717, 1.165) is 43.4 Å². The first-order valence-electron chi connectivity index (χ1n) is 11.7. The van der Waals surface area contributed by atoms with Crippen LogP contribution in [0.4, 0.5) is 0 Å². The molecule has 1 aliphatic carbocycles. The number of carbonyl (C=O) groups is 1. The van der Waals surface area contributed by atoms with Crippen molar-refractivity contribution >= 4 is 5.91 Å². The van der Waals surface area contributed by atoms with E-state index < -0.39 is 0 Å². The molecule has 1 fully saturated rings. The molecular formula is C27H42N4O2. The molecule has 0 aromatic heterocycles. The highest BCUT2D eigenvalue weighted by Gasteiger charge is 2.25. The quantitative estimate of drug-likeness (QED) is 0.295. The molecule has 0 heterocycles. The molecule has 182 valence electrons. The maximum Gasteiger partial charge on any atom is 0.217 e. The van der Waals surface area contributed by atoms with Crippen LogP contribution in [0.3, 0.4) is 0 Å². The molecule has 0 bridgehead atoms. The van der Waals surface area contributed by atoms with Gasteiger partial charge >= 0.3 is 0 Å². The van der Waals surface area contributed by atoms with E-state index in [9.17, 15) is 9.90 Å². The zero-order valence-corrected chi connectivity index (χ0v) is 20.9. The van der Waals surface area contributed by atoms with Crippen molar-refractivity contribution in [1.82, 2.24) is 16.0 Å². The zero-order chi connectivity index (χ0) is 24.6. The summed E-state index contributed by atoms with van der Waals surface area (Å²) in [4.78, 5) is 11.5. The highest BCUT2D eigenvalue weighted by atomic mass is 16.3. The third kappa shape index (κ3) is 10.7. The molecule has 1 aliphatic rings. The summed E-state index contributed by atoms with van der Waals surface area (Å²) >= 11 is 0. The number of hydrogen-bond acceptors (Lipinski definition) is 5. The number of allylic oxidation sites excluding steroid dienone is 1. The van der Waals surface area contributed by atoms with E-state index in [0.29, 0.717) is 12.2 Å². The first-order chi connectivity index (χ1) is 16.0. The number of hydrogen-bond donors (Lipinski definition) is 5. The van der Waals surface area contributed by atoms with E-state index in [1.54, 1.807) is 0 Å². The van der Waals surface area contributed by atoms with E-state index in [2.05, 4.69) is 70.2 Å². The van der Waals surface area contributed by atoms with Crippen LogP contribution in [0.15, 0.2) is 59.9 Å². The number of benzene rings is 2. The molecule has 0 saturated heterocycles. The molecule has 0 spiro atoms. The Balaban J connectivity index is 0.00000101. The second-order valence-electron chi connectivity index (χ2n) is 8.05. The van der Waals surface area contributed by atoms with Gasteiger partial charge in [-0.25, -0.2) is 0 Å². The average molecular weight is 455 g/mol. The Hall–Kier alpha value is -2.67. The van der Waals surface area contributed by atoms with Gasteiger partial charge in [-0.05, 0) is 94.7 Å². The van der Waals surface area contributed by atoms with Gasteiger partial charge in [0.15, 0.2) is 0 Å². The van der Waals surface area contributed by atoms with Crippen LogP contribution in [0.2, 0.25) is 0 Å². The first-order valence-corrected chi connectivity index (χ1v) is 11.7. The molecule has 1 amide bonds. The molecule has 2 aromatic rings. The van der Waals surface area contributed by atoms with Crippen molar-refractivity contribution < 1.29 is 9.90 Å². The topological polar surface area (TPSA) is 99.4 Å². The Morgan fingerprint density at radius 3 is 1.85 bits per heavy atom. The predicted octanol–water partition coefficient (Wildman–Crippen LogP) is 3.57. The Morgan fingerprint density at radius 1 is 0.939 bits per heavy atom. The molecule has 6 nitrogen and oxygen atoms in total. The average Bonchev–Trinajstić information content (AvgIpc) is 3.67. The van der Waals surface area contributed by atoms with Crippen molar-refractivity contribution in [3.63, 3.8) is 0 Å². The van der Waals surface area contributed by atoms with Crippen LogP contribution in [0.25, 0.3) is 11.1 Å². The lowest BCUT2D eigenvalue weighted by Crippen LogP contribution is -2.36. The minimum absolute atomic E-state index is 0.121. The number of nitrogens with two attached hydrogens (primary N) is 1. The summed E-state index contributed by atoms with van der Waals surface area (Å²) in [5, 5.41) is 19.2. The van der Waals surface area contributed by atoms with E-state index in [4.69, 9.17) is 0 Å². The van der Waals surface area contributed by atoms with Gasteiger partial charge in [0.25, 0.3) is 0 Å². The molecular weight excluding hydrogens is 412 g/mol. The van der Waals surface area contributed by atoms with E-state index in [-0.39, 0.29) is 11.9 Å². The van der Waals surface area contributed by atoms with Gasteiger partial charge in [-0.3, -0.25) is 4.79 Å². The number of aliphatic hydroxyl groups is 1. The molecule has 6 N–H and O–H groups in total. The highest BCUT2D eigenvalue weighted by molar-refractivity contribution is 5.73. The largest absolute Gasteiger partial charge is 0.510 e. The van der Waals surface area contributed by atoms with Gasteiger partial charge in [0.05, 0.1) is 6.04 Å². The summed E-state index contributed by atoms with van der Waals surface area (Å²) in [5.74, 6) is 0.220. The van der Waals surface area contributed by atoms with Crippen molar-refractivity contribution in [3.8, 4) is 11.1 Å². The monoisotopic (exact) mass is 454 g/mol. The second kappa shape index (κ2) is 16.0. The van der Waals surface area contributed by atoms with Crippen molar-refractivity contribution in [2.75, 3.05) is 34.7 Å². The molecule has 2 aromatic carbocycles. The lowest BCUT2D eigenvalue weighted by atomic mass is 9.98. The maximum absolute atomic E-state index is 11.5. The fraction of sp³-hybridized carbons (Fsp3) is 0.444. The second-order valence-corrected chi connectivity index (χ2v) is 8.05. The summed E-state index contributed by atoms with van der Waals surface area (Å²) in [6.07, 6.45) is 4.70. The fourth-order valence-electron chi connectivity index (χ4n) is 3.43. The fourth-order valence-corrected chi connectivity index (χ4v) is 3.43. The molecule has 0 radical (unpaired) electrons. The molecule has 1 unspecified atom stereocenters. The molecule has 33 heavy (non-hydrogen) atoms. The van der Waals surface area contributed by atoms with Crippen LogP contribution in [0.5, 0.6) is 0 Å². The van der Waals surface area contributed by atoms with E-state index in [1.165, 1.54) is 30.7 Å². The van der Waals surface area contributed by atoms with Crippen LogP contribution < -0.4 is 21.7 Å². The van der Waals surface area contributed by atoms with Crippen LogP contribution >= 0.6 is 0 Å².